The summed E-state index contributed by atoms with van der Waals surface area (Å²) in [4.78, 5) is 16.3. The number of carbonyl (C=O) groups excluding carboxylic acids is 1. The van der Waals surface area contributed by atoms with E-state index >= 15 is 0 Å². The summed E-state index contributed by atoms with van der Waals surface area (Å²) in [7, 11) is 1.56. The molecule has 0 spiro atoms. The number of rotatable bonds is 3. The van der Waals surface area contributed by atoms with Gasteiger partial charge in [0.1, 0.15) is 5.75 Å². The molecule has 0 aliphatic heterocycles. The summed E-state index contributed by atoms with van der Waals surface area (Å²) in [5.74, 6) is 0.494. The van der Waals surface area contributed by atoms with Gasteiger partial charge in [0.25, 0.3) is 0 Å². The maximum absolute atomic E-state index is 12.2. The SMILES string of the molecule is COc1ccc(C(=O)c2ccc(C)nc2)c(N)c1. The second-order valence-corrected chi connectivity index (χ2v) is 3.97. The van der Waals surface area contributed by atoms with Crippen molar-refractivity contribution in [2.75, 3.05) is 12.8 Å². The average molecular weight is 242 g/mol. The number of aromatic nitrogens is 1. The molecule has 0 radical (unpaired) electrons. The molecule has 0 unspecified atom stereocenters. The lowest BCUT2D eigenvalue weighted by molar-refractivity contribution is 0.103. The summed E-state index contributed by atoms with van der Waals surface area (Å²) in [5, 5.41) is 0. The molecule has 1 heterocycles. The van der Waals surface area contributed by atoms with Crippen LogP contribution < -0.4 is 10.5 Å². The second kappa shape index (κ2) is 4.87. The van der Waals surface area contributed by atoms with Gasteiger partial charge in [-0.15, -0.1) is 0 Å². The van der Waals surface area contributed by atoms with Crippen molar-refractivity contribution in [3.63, 3.8) is 0 Å². The number of benzene rings is 1. The highest BCUT2D eigenvalue weighted by atomic mass is 16.5. The van der Waals surface area contributed by atoms with Gasteiger partial charge in [-0.05, 0) is 31.2 Å². The predicted molar refractivity (Wildman–Crippen MR) is 69.8 cm³/mol. The molecule has 0 aliphatic rings. The molecule has 0 aliphatic carbocycles. The van der Waals surface area contributed by atoms with Crippen molar-refractivity contribution in [2.24, 2.45) is 0 Å². The Morgan fingerprint density at radius 1 is 1.28 bits per heavy atom. The molecule has 0 fully saturated rings. The molecule has 0 saturated heterocycles. The Bertz CT molecular complexity index is 577. The molecule has 0 saturated carbocycles. The number of anilines is 1. The summed E-state index contributed by atoms with van der Waals surface area (Å²) >= 11 is 0. The molecule has 2 aromatic rings. The van der Waals surface area contributed by atoms with E-state index in [-0.39, 0.29) is 5.78 Å². The number of nitrogen functional groups attached to an aromatic ring is 1. The van der Waals surface area contributed by atoms with Crippen molar-refractivity contribution in [2.45, 2.75) is 6.92 Å². The van der Waals surface area contributed by atoms with Gasteiger partial charge in [0.2, 0.25) is 0 Å². The fourth-order valence-corrected chi connectivity index (χ4v) is 1.63. The Balaban J connectivity index is 2.37. The highest BCUT2D eigenvalue weighted by Gasteiger charge is 2.13. The van der Waals surface area contributed by atoms with Crippen LogP contribution in [-0.4, -0.2) is 17.9 Å². The molecule has 2 rings (SSSR count). The summed E-state index contributed by atoms with van der Waals surface area (Å²) in [6.07, 6.45) is 1.56. The van der Waals surface area contributed by atoms with Gasteiger partial charge in [-0.25, -0.2) is 0 Å². The minimum Gasteiger partial charge on any atom is -0.497 e. The Hall–Kier alpha value is -2.36. The number of nitrogens with two attached hydrogens (primary N) is 1. The zero-order valence-corrected chi connectivity index (χ0v) is 10.3. The second-order valence-electron chi connectivity index (χ2n) is 3.97. The molecular weight excluding hydrogens is 228 g/mol. The molecule has 1 aromatic heterocycles. The Morgan fingerprint density at radius 2 is 2.06 bits per heavy atom. The van der Waals surface area contributed by atoms with E-state index < -0.39 is 0 Å². The van der Waals surface area contributed by atoms with Crippen LogP contribution in [0.2, 0.25) is 0 Å². The first-order valence-electron chi connectivity index (χ1n) is 5.52. The number of ketones is 1. The maximum atomic E-state index is 12.2. The van der Waals surface area contributed by atoms with E-state index in [9.17, 15) is 4.79 Å². The van der Waals surface area contributed by atoms with Crippen LogP contribution in [0.25, 0.3) is 0 Å². The number of pyridine rings is 1. The monoisotopic (exact) mass is 242 g/mol. The lowest BCUT2D eigenvalue weighted by Gasteiger charge is -2.07. The zero-order valence-electron chi connectivity index (χ0n) is 10.3. The van der Waals surface area contributed by atoms with Crippen LogP contribution in [0.5, 0.6) is 5.75 Å². The Kier molecular flexibility index (Phi) is 3.28. The van der Waals surface area contributed by atoms with Crippen LogP contribution in [0.4, 0.5) is 5.69 Å². The van der Waals surface area contributed by atoms with Crippen molar-refractivity contribution in [1.29, 1.82) is 0 Å². The van der Waals surface area contributed by atoms with Crippen LogP contribution in [0.15, 0.2) is 36.5 Å². The molecule has 0 bridgehead atoms. The largest absolute Gasteiger partial charge is 0.497 e. The average Bonchev–Trinajstić information content (AvgIpc) is 2.38. The van der Waals surface area contributed by atoms with E-state index in [4.69, 9.17) is 10.5 Å². The molecule has 4 nitrogen and oxygen atoms in total. The van der Waals surface area contributed by atoms with E-state index in [0.717, 1.165) is 5.69 Å². The fourth-order valence-electron chi connectivity index (χ4n) is 1.63. The first-order chi connectivity index (χ1) is 8.61. The molecule has 0 amide bonds. The molecule has 0 atom stereocenters. The van der Waals surface area contributed by atoms with Gasteiger partial charge in [0.05, 0.1) is 7.11 Å². The van der Waals surface area contributed by atoms with Gasteiger partial charge in [-0.1, -0.05) is 0 Å². The minimum absolute atomic E-state index is 0.136. The van der Waals surface area contributed by atoms with Crippen molar-refractivity contribution in [3.8, 4) is 5.75 Å². The zero-order chi connectivity index (χ0) is 13.1. The van der Waals surface area contributed by atoms with Crippen LogP contribution >= 0.6 is 0 Å². The predicted octanol–water partition coefficient (Wildman–Crippen LogP) is 2.21. The smallest absolute Gasteiger partial charge is 0.196 e. The number of nitrogens with zero attached hydrogens (tertiary/aromatic N) is 1. The van der Waals surface area contributed by atoms with E-state index in [1.54, 1.807) is 43.6 Å². The number of methoxy groups -OCH3 is 1. The van der Waals surface area contributed by atoms with Gasteiger partial charge in [-0.2, -0.15) is 0 Å². The Labute approximate surface area is 105 Å². The van der Waals surface area contributed by atoms with Crippen LogP contribution in [0.1, 0.15) is 21.6 Å². The third kappa shape index (κ3) is 2.32. The number of ether oxygens (including phenoxy) is 1. The van der Waals surface area contributed by atoms with Gasteiger partial charge in [0.15, 0.2) is 5.78 Å². The quantitative estimate of drug-likeness (QED) is 0.662. The van der Waals surface area contributed by atoms with Gasteiger partial charge in [0, 0.05) is 34.8 Å². The van der Waals surface area contributed by atoms with E-state index in [1.807, 2.05) is 6.92 Å². The highest BCUT2D eigenvalue weighted by Crippen LogP contribution is 2.22. The highest BCUT2D eigenvalue weighted by molar-refractivity contribution is 6.12. The minimum atomic E-state index is -0.136. The van der Waals surface area contributed by atoms with Crippen LogP contribution in [0, 0.1) is 6.92 Å². The first kappa shape index (κ1) is 12.1. The van der Waals surface area contributed by atoms with Crippen molar-refractivity contribution in [3.05, 3.63) is 53.3 Å². The number of aryl methyl sites for hydroxylation is 1. The maximum Gasteiger partial charge on any atom is 0.196 e. The molecule has 4 heteroatoms. The molecule has 18 heavy (non-hydrogen) atoms. The summed E-state index contributed by atoms with van der Waals surface area (Å²) in [5.41, 5.74) is 8.10. The summed E-state index contributed by atoms with van der Waals surface area (Å²) < 4.78 is 5.05. The van der Waals surface area contributed by atoms with Crippen molar-refractivity contribution in [1.82, 2.24) is 4.98 Å². The van der Waals surface area contributed by atoms with Crippen LogP contribution in [-0.2, 0) is 0 Å². The van der Waals surface area contributed by atoms with Gasteiger partial charge < -0.3 is 10.5 Å². The van der Waals surface area contributed by atoms with Gasteiger partial charge in [-0.3, -0.25) is 9.78 Å². The lowest BCUT2D eigenvalue weighted by Crippen LogP contribution is -2.06. The van der Waals surface area contributed by atoms with Crippen molar-refractivity contribution < 1.29 is 9.53 Å². The van der Waals surface area contributed by atoms with Crippen molar-refractivity contribution >= 4 is 11.5 Å². The topological polar surface area (TPSA) is 65.2 Å². The molecule has 1 aromatic carbocycles. The summed E-state index contributed by atoms with van der Waals surface area (Å²) in [6, 6.07) is 8.55. The number of hydrogen-bond acceptors (Lipinski definition) is 4. The van der Waals surface area contributed by atoms with E-state index in [2.05, 4.69) is 4.98 Å². The van der Waals surface area contributed by atoms with E-state index in [1.165, 1.54) is 0 Å². The van der Waals surface area contributed by atoms with Gasteiger partial charge >= 0.3 is 0 Å². The third-order valence-corrected chi connectivity index (χ3v) is 2.68. The number of hydrogen-bond donors (Lipinski definition) is 1. The number of carbonyl (C=O) groups is 1. The first-order valence-corrected chi connectivity index (χ1v) is 5.52. The molecular formula is C14H14N2O2. The molecule has 92 valence electrons. The molecule has 2 N–H and O–H groups in total. The Morgan fingerprint density at radius 3 is 2.61 bits per heavy atom. The standard InChI is InChI=1S/C14H14N2O2/c1-9-3-4-10(8-16-9)14(17)12-6-5-11(18-2)7-13(12)15/h3-8H,15H2,1-2H3. The van der Waals surface area contributed by atoms with E-state index in [0.29, 0.717) is 22.6 Å². The van der Waals surface area contributed by atoms with Crippen LogP contribution in [0.3, 0.4) is 0 Å². The fraction of sp³-hybridized carbons (Fsp3) is 0.143. The normalized spacial score (nSPS) is 10.1. The lowest BCUT2D eigenvalue weighted by atomic mass is 10.0. The third-order valence-electron chi connectivity index (χ3n) is 2.68. The summed E-state index contributed by atoms with van der Waals surface area (Å²) in [6.45, 7) is 1.87.